The summed E-state index contributed by atoms with van der Waals surface area (Å²) in [6.45, 7) is 0. The second-order valence-electron chi connectivity index (χ2n) is 4.10. The molecular formula is C13H9ClFN3O2S. The standard InChI is InChI=1S/C13H9ClFN3O2S/c14-11-6-10(3-1-8(11)7-16)18-21(19,20)13-4-2-9(17)5-12(13)15/h1-6,18H,17H2. The Labute approximate surface area is 125 Å². The highest BCUT2D eigenvalue weighted by Gasteiger charge is 2.19. The van der Waals surface area contributed by atoms with Crippen molar-refractivity contribution in [2.24, 2.45) is 0 Å². The Hall–Kier alpha value is -2.30. The summed E-state index contributed by atoms with van der Waals surface area (Å²) in [4.78, 5) is -0.530. The van der Waals surface area contributed by atoms with Gasteiger partial charge >= 0.3 is 0 Å². The highest BCUT2D eigenvalue weighted by atomic mass is 35.5. The quantitative estimate of drug-likeness (QED) is 0.848. The van der Waals surface area contributed by atoms with Gasteiger partial charge in [-0.3, -0.25) is 4.72 Å². The van der Waals surface area contributed by atoms with Gasteiger partial charge in [0.15, 0.2) is 0 Å². The predicted octanol–water partition coefficient (Wildman–Crippen LogP) is 2.73. The minimum Gasteiger partial charge on any atom is -0.399 e. The summed E-state index contributed by atoms with van der Waals surface area (Å²) in [6, 6.07) is 9.10. The van der Waals surface area contributed by atoms with Crippen molar-refractivity contribution in [2.45, 2.75) is 4.90 Å². The fourth-order valence-electron chi connectivity index (χ4n) is 1.61. The molecule has 5 nitrogen and oxygen atoms in total. The lowest BCUT2D eigenvalue weighted by Gasteiger charge is -2.10. The summed E-state index contributed by atoms with van der Waals surface area (Å²) < 4.78 is 40.1. The van der Waals surface area contributed by atoms with E-state index in [9.17, 15) is 12.8 Å². The molecule has 0 aliphatic heterocycles. The average Bonchev–Trinajstić information content (AvgIpc) is 2.37. The molecule has 0 unspecified atom stereocenters. The lowest BCUT2D eigenvalue weighted by atomic mass is 10.2. The molecular weight excluding hydrogens is 317 g/mol. The topological polar surface area (TPSA) is 96.0 Å². The number of hydrogen-bond acceptors (Lipinski definition) is 4. The van der Waals surface area contributed by atoms with Crippen LogP contribution in [0.4, 0.5) is 15.8 Å². The van der Waals surface area contributed by atoms with Crippen molar-refractivity contribution in [3.8, 4) is 6.07 Å². The zero-order valence-electron chi connectivity index (χ0n) is 10.5. The normalized spacial score (nSPS) is 10.9. The molecule has 0 saturated heterocycles. The van der Waals surface area contributed by atoms with E-state index in [-0.39, 0.29) is 22.0 Å². The molecule has 108 valence electrons. The first kappa shape index (κ1) is 15.1. The monoisotopic (exact) mass is 325 g/mol. The summed E-state index contributed by atoms with van der Waals surface area (Å²) in [5.41, 5.74) is 5.82. The molecule has 2 aromatic carbocycles. The molecule has 0 atom stereocenters. The van der Waals surface area contributed by atoms with Gasteiger partial charge in [0, 0.05) is 5.69 Å². The van der Waals surface area contributed by atoms with E-state index in [1.54, 1.807) is 0 Å². The van der Waals surface area contributed by atoms with E-state index >= 15 is 0 Å². The lowest BCUT2D eigenvalue weighted by molar-refractivity contribution is 0.571. The third kappa shape index (κ3) is 3.24. The van der Waals surface area contributed by atoms with E-state index in [1.165, 1.54) is 24.3 Å². The zero-order valence-corrected chi connectivity index (χ0v) is 12.0. The SMILES string of the molecule is N#Cc1ccc(NS(=O)(=O)c2ccc(N)cc2F)cc1Cl. The Bertz CT molecular complexity index is 847. The summed E-state index contributed by atoms with van der Waals surface area (Å²) in [5.74, 6) is -0.956. The van der Waals surface area contributed by atoms with Gasteiger partial charge in [-0.25, -0.2) is 12.8 Å². The molecule has 21 heavy (non-hydrogen) atoms. The first-order valence-electron chi connectivity index (χ1n) is 5.61. The number of benzene rings is 2. The van der Waals surface area contributed by atoms with Crippen LogP contribution >= 0.6 is 11.6 Å². The van der Waals surface area contributed by atoms with Gasteiger partial charge < -0.3 is 5.73 Å². The third-order valence-corrected chi connectivity index (χ3v) is 4.31. The Balaban J connectivity index is 2.38. The maximum atomic E-state index is 13.7. The number of hydrogen-bond donors (Lipinski definition) is 2. The fourth-order valence-corrected chi connectivity index (χ4v) is 2.95. The van der Waals surface area contributed by atoms with Gasteiger partial charge in [-0.1, -0.05) is 11.6 Å². The van der Waals surface area contributed by atoms with Gasteiger partial charge in [-0.05, 0) is 36.4 Å². The molecule has 0 aromatic heterocycles. The van der Waals surface area contributed by atoms with Gasteiger partial charge in [0.1, 0.15) is 16.8 Å². The molecule has 0 radical (unpaired) electrons. The van der Waals surface area contributed by atoms with Crippen LogP contribution in [0.25, 0.3) is 0 Å². The Morgan fingerprint density at radius 3 is 2.52 bits per heavy atom. The van der Waals surface area contributed by atoms with Crippen molar-refractivity contribution in [3.63, 3.8) is 0 Å². The molecule has 0 bridgehead atoms. The van der Waals surface area contributed by atoms with E-state index in [0.717, 1.165) is 12.1 Å². The number of halogens is 2. The number of rotatable bonds is 3. The predicted molar refractivity (Wildman–Crippen MR) is 77.8 cm³/mol. The number of nitrogens with two attached hydrogens (primary N) is 1. The molecule has 0 heterocycles. The fraction of sp³-hybridized carbons (Fsp3) is 0. The van der Waals surface area contributed by atoms with Crippen molar-refractivity contribution in [1.82, 2.24) is 0 Å². The molecule has 2 rings (SSSR count). The third-order valence-electron chi connectivity index (χ3n) is 2.59. The van der Waals surface area contributed by atoms with Crippen LogP contribution in [-0.4, -0.2) is 8.42 Å². The summed E-state index contributed by atoms with van der Waals surface area (Å²) in [7, 11) is -4.12. The molecule has 0 amide bonds. The minimum absolute atomic E-state index is 0.0930. The van der Waals surface area contributed by atoms with Crippen LogP contribution in [0.1, 0.15) is 5.56 Å². The Morgan fingerprint density at radius 1 is 1.24 bits per heavy atom. The second kappa shape index (κ2) is 5.60. The summed E-state index contributed by atoms with van der Waals surface area (Å²) in [5, 5.41) is 8.84. The van der Waals surface area contributed by atoms with Gasteiger partial charge in [0.2, 0.25) is 0 Å². The van der Waals surface area contributed by atoms with E-state index in [0.29, 0.717) is 0 Å². The number of nitrogen functional groups attached to an aromatic ring is 1. The summed E-state index contributed by atoms with van der Waals surface area (Å²) in [6.07, 6.45) is 0. The van der Waals surface area contributed by atoms with Crippen molar-refractivity contribution in [1.29, 1.82) is 5.26 Å². The van der Waals surface area contributed by atoms with Gasteiger partial charge in [-0.2, -0.15) is 5.26 Å². The number of nitriles is 1. The van der Waals surface area contributed by atoms with Crippen molar-refractivity contribution in [3.05, 3.63) is 52.8 Å². The molecule has 0 spiro atoms. The van der Waals surface area contributed by atoms with Crippen molar-refractivity contribution in [2.75, 3.05) is 10.5 Å². The summed E-state index contributed by atoms with van der Waals surface area (Å²) >= 11 is 5.81. The largest absolute Gasteiger partial charge is 0.399 e. The molecule has 8 heteroatoms. The van der Waals surface area contributed by atoms with Crippen LogP contribution in [-0.2, 0) is 10.0 Å². The van der Waals surface area contributed by atoms with Crippen LogP contribution in [0.5, 0.6) is 0 Å². The average molecular weight is 326 g/mol. The Morgan fingerprint density at radius 2 is 1.95 bits per heavy atom. The second-order valence-corrected chi connectivity index (χ2v) is 6.16. The van der Waals surface area contributed by atoms with E-state index < -0.39 is 20.7 Å². The van der Waals surface area contributed by atoms with Gasteiger partial charge in [0.05, 0.1) is 16.3 Å². The zero-order chi connectivity index (χ0) is 15.6. The van der Waals surface area contributed by atoms with Crippen molar-refractivity contribution >= 4 is 33.0 Å². The van der Waals surface area contributed by atoms with E-state index in [2.05, 4.69) is 4.72 Å². The first-order chi connectivity index (χ1) is 9.83. The van der Waals surface area contributed by atoms with E-state index in [4.69, 9.17) is 22.6 Å². The van der Waals surface area contributed by atoms with E-state index in [1.807, 2.05) is 6.07 Å². The first-order valence-corrected chi connectivity index (χ1v) is 7.47. The molecule has 2 aromatic rings. The number of anilines is 2. The van der Waals surface area contributed by atoms with Crippen LogP contribution in [0.2, 0.25) is 5.02 Å². The smallest absolute Gasteiger partial charge is 0.264 e. The lowest BCUT2D eigenvalue weighted by Crippen LogP contribution is -2.14. The Kier molecular flexibility index (Phi) is 4.02. The van der Waals surface area contributed by atoms with Crippen LogP contribution in [0.3, 0.4) is 0 Å². The minimum atomic E-state index is -4.12. The molecule has 3 N–H and O–H groups in total. The highest BCUT2D eigenvalue weighted by Crippen LogP contribution is 2.24. The molecule has 0 saturated carbocycles. The number of nitrogens with one attached hydrogen (secondary N) is 1. The maximum absolute atomic E-state index is 13.7. The molecule has 0 aliphatic rings. The number of sulfonamides is 1. The number of nitrogens with zero attached hydrogens (tertiary/aromatic N) is 1. The maximum Gasteiger partial charge on any atom is 0.264 e. The molecule has 0 aliphatic carbocycles. The van der Waals surface area contributed by atoms with Crippen LogP contribution in [0.15, 0.2) is 41.3 Å². The van der Waals surface area contributed by atoms with Crippen molar-refractivity contribution < 1.29 is 12.8 Å². The highest BCUT2D eigenvalue weighted by molar-refractivity contribution is 7.92. The molecule has 0 fully saturated rings. The van der Waals surface area contributed by atoms with Gasteiger partial charge in [0.25, 0.3) is 10.0 Å². The van der Waals surface area contributed by atoms with Gasteiger partial charge in [-0.15, -0.1) is 0 Å². The van der Waals surface area contributed by atoms with Crippen LogP contribution in [0, 0.1) is 17.1 Å². The van der Waals surface area contributed by atoms with Crippen LogP contribution < -0.4 is 10.5 Å².